The lowest BCUT2D eigenvalue weighted by Crippen LogP contribution is -2.36. The lowest BCUT2D eigenvalue weighted by Gasteiger charge is -2.27. The van der Waals surface area contributed by atoms with E-state index < -0.39 is 29.3 Å². The van der Waals surface area contributed by atoms with Gasteiger partial charge < -0.3 is 4.98 Å². The third kappa shape index (κ3) is 4.52. The van der Waals surface area contributed by atoms with Crippen molar-refractivity contribution in [3.05, 3.63) is 81.2 Å². The third-order valence-electron chi connectivity index (χ3n) is 5.16. The normalized spacial score (nSPS) is 14.9. The molecule has 0 atom stereocenters. The number of alkyl halides is 6. The van der Waals surface area contributed by atoms with Crippen molar-refractivity contribution in [1.82, 2.24) is 19.9 Å². The Labute approximate surface area is 177 Å². The maximum atomic E-state index is 13.2. The number of halogens is 6. The van der Waals surface area contributed by atoms with Crippen molar-refractivity contribution in [3.63, 3.8) is 0 Å². The minimum atomic E-state index is -4.73. The summed E-state index contributed by atoms with van der Waals surface area (Å²) in [7, 11) is 0. The summed E-state index contributed by atoms with van der Waals surface area (Å²) in [5, 5.41) is 0. The number of H-pyrrole nitrogens is 1. The highest BCUT2D eigenvalue weighted by atomic mass is 19.4. The van der Waals surface area contributed by atoms with Gasteiger partial charge >= 0.3 is 12.4 Å². The van der Waals surface area contributed by atoms with E-state index in [4.69, 9.17) is 0 Å². The maximum absolute atomic E-state index is 13.2. The second kappa shape index (κ2) is 8.05. The molecule has 1 aliphatic rings. The van der Waals surface area contributed by atoms with Gasteiger partial charge in [-0.1, -0.05) is 24.3 Å². The van der Waals surface area contributed by atoms with Gasteiger partial charge in [0, 0.05) is 37.8 Å². The van der Waals surface area contributed by atoms with Gasteiger partial charge in [0.05, 0.1) is 22.5 Å². The van der Waals surface area contributed by atoms with Gasteiger partial charge in [0.1, 0.15) is 0 Å². The largest absolute Gasteiger partial charge is 0.449 e. The standard InChI is InChI=1S/C21H16F6N4O/c22-20(23,24)15-4-2-1-3-13(15)16-6-5-12(9-28-16)10-31-8-7-17-14(11-31)18(32)30-19(29-17)21(25,26)27/h1-6,9H,7-8,10-11H2,(H,29,30,32). The predicted molar refractivity (Wildman–Crippen MR) is 102 cm³/mol. The van der Waals surface area contributed by atoms with Crippen LogP contribution in [0.15, 0.2) is 47.4 Å². The van der Waals surface area contributed by atoms with Gasteiger partial charge in [-0.15, -0.1) is 0 Å². The molecule has 5 nitrogen and oxygen atoms in total. The minimum Gasteiger partial charge on any atom is -0.303 e. The molecule has 0 amide bonds. The highest BCUT2D eigenvalue weighted by Crippen LogP contribution is 2.36. The first-order valence-corrected chi connectivity index (χ1v) is 9.55. The van der Waals surface area contributed by atoms with E-state index in [-0.39, 0.29) is 35.5 Å². The molecule has 0 bridgehead atoms. The van der Waals surface area contributed by atoms with E-state index in [1.165, 1.54) is 30.5 Å². The van der Waals surface area contributed by atoms with E-state index in [1.807, 2.05) is 4.90 Å². The van der Waals surface area contributed by atoms with Crippen molar-refractivity contribution in [2.45, 2.75) is 31.9 Å². The number of nitrogens with zero attached hydrogens (tertiary/aromatic N) is 3. The number of benzene rings is 1. The number of aromatic nitrogens is 3. The summed E-state index contributed by atoms with van der Waals surface area (Å²) in [5.41, 5.74) is -0.481. The van der Waals surface area contributed by atoms with Crippen LogP contribution in [0.3, 0.4) is 0 Å². The zero-order valence-electron chi connectivity index (χ0n) is 16.4. The molecule has 4 rings (SSSR count). The lowest BCUT2D eigenvalue weighted by molar-refractivity contribution is -0.145. The maximum Gasteiger partial charge on any atom is 0.449 e. The topological polar surface area (TPSA) is 61.9 Å². The summed E-state index contributed by atoms with van der Waals surface area (Å²) in [6.45, 7) is 0.808. The van der Waals surface area contributed by atoms with Crippen LogP contribution in [0.4, 0.5) is 26.3 Å². The Kier molecular flexibility index (Phi) is 5.53. The fourth-order valence-corrected chi connectivity index (χ4v) is 3.64. The van der Waals surface area contributed by atoms with Crippen LogP contribution in [0.5, 0.6) is 0 Å². The van der Waals surface area contributed by atoms with Crippen molar-refractivity contribution < 1.29 is 26.3 Å². The van der Waals surface area contributed by atoms with E-state index in [2.05, 4.69) is 9.97 Å². The second-order valence-corrected chi connectivity index (χ2v) is 7.39. The van der Waals surface area contributed by atoms with E-state index in [1.54, 1.807) is 11.1 Å². The van der Waals surface area contributed by atoms with Crippen molar-refractivity contribution in [2.24, 2.45) is 0 Å². The van der Waals surface area contributed by atoms with Gasteiger partial charge in [-0.05, 0) is 17.7 Å². The zero-order chi connectivity index (χ0) is 23.1. The first kappa shape index (κ1) is 22.0. The Morgan fingerprint density at radius 1 is 1.00 bits per heavy atom. The van der Waals surface area contributed by atoms with Crippen molar-refractivity contribution in [1.29, 1.82) is 0 Å². The summed E-state index contributed by atoms with van der Waals surface area (Å²) in [4.78, 5) is 23.4. The van der Waals surface area contributed by atoms with E-state index in [9.17, 15) is 31.1 Å². The molecular formula is C21H16F6N4O. The van der Waals surface area contributed by atoms with Crippen LogP contribution in [0.1, 0.15) is 28.2 Å². The average Bonchev–Trinajstić information content (AvgIpc) is 2.73. The molecule has 11 heteroatoms. The number of hydrogen-bond acceptors (Lipinski definition) is 4. The van der Waals surface area contributed by atoms with Crippen LogP contribution in [0, 0.1) is 0 Å². The van der Waals surface area contributed by atoms with Crippen molar-refractivity contribution in [3.8, 4) is 11.3 Å². The second-order valence-electron chi connectivity index (χ2n) is 7.39. The smallest absolute Gasteiger partial charge is 0.303 e. The summed E-state index contributed by atoms with van der Waals surface area (Å²) in [6.07, 6.45) is -7.62. The monoisotopic (exact) mass is 454 g/mol. The van der Waals surface area contributed by atoms with E-state index in [0.29, 0.717) is 18.7 Å². The van der Waals surface area contributed by atoms with Crippen molar-refractivity contribution >= 4 is 0 Å². The predicted octanol–water partition coefficient (Wildman–Crippen LogP) is 4.43. The van der Waals surface area contributed by atoms with Gasteiger partial charge in [-0.3, -0.25) is 14.7 Å². The highest BCUT2D eigenvalue weighted by Gasteiger charge is 2.36. The Bertz CT molecular complexity index is 1180. The van der Waals surface area contributed by atoms with Crippen LogP contribution in [-0.4, -0.2) is 26.4 Å². The van der Waals surface area contributed by atoms with Crippen LogP contribution in [0.2, 0.25) is 0 Å². The summed E-state index contributed by atoms with van der Waals surface area (Å²) >= 11 is 0. The fraction of sp³-hybridized carbons (Fsp3) is 0.286. The third-order valence-corrected chi connectivity index (χ3v) is 5.16. The fourth-order valence-electron chi connectivity index (χ4n) is 3.64. The van der Waals surface area contributed by atoms with Crippen LogP contribution in [-0.2, 0) is 31.9 Å². The Morgan fingerprint density at radius 3 is 2.41 bits per heavy atom. The molecule has 168 valence electrons. The van der Waals surface area contributed by atoms with Gasteiger partial charge in [-0.2, -0.15) is 26.3 Å². The summed E-state index contributed by atoms with van der Waals surface area (Å²) in [6, 6.07) is 8.28. The molecule has 3 heterocycles. The summed E-state index contributed by atoms with van der Waals surface area (Å²) < 4.78 is 78.2. The molecule has 1 N–H and O–H groups in total. The first-order chi connectivity index (χ1) is 15.0. The van der Waals surface area contributed by atoms with E-state index in [0.717, 1.165) is 6.07 Å². The molecule has 0 aliphatic carbocycles. The minimum absolute atomic E-state index is 0.0310. The first-order valence-electron chi connectivity index (χ1n) is 9.55. The number of nitrogens with one attached hydrogen (secondary N) is 1. The summed E-state index contributed by atoms with van der Waals surface area (Å²) in [5.74, 6) is -1.31. The molecule has 0 unspecified atom stereocenters. The average molecular weight is 454 g/mol. The van der Waals surface area contributed by atoms with Gasteiger partial charge in [0.25, 0.3) is 5.56 Å². The molecule has 1 aliphatic heterocycles. The van der Waals surface area contributed by atoms with Crippen LogP contribution >= 0.6 is 0 Å². The van der Waals surface area contributed by atoms with Crippen LogP contribution in [0.25, 0.3) is 11.3 Å². The quantitative estimate of drug-likeness (QED) is 0.595. The number of rotatable bonds is 3. The van der Waals surface area contributed by atoms with E-state index >= 15 is 0 Å². The molecule has 0 saturated carbocycles. The van der Waals surface area contributed by atoms with Gasteiger partial charge in [-0.25, -0.2) is 4.98 Å². The lowest BCUT2D eigenvalue weighted by atomic mass is 10.0. The molecule has 1 aromatic carbocycles. The molecule has 0 radical (unpaired) electrons. The molecule has 32 heavy (non-hydrogen) atoms. The van der Waals surface area contributed by atoms with Gasteiger partial charge in [0.2, 0.25) is 5.82 Å². The SMILES string of the molecule is O=c1[nH]c(C(F)(F)F)nc2c1CN(Cc1ccc(-c3ccccc3C(F)(F)F)nc1)CC2. The number of fused-ring (bicyclic) bond motifs is 1. The Morgan fingerprint density at radius 2 is 1.75 bits per heavy atom. The number of aromatic amines is 1. The van der Waals surface area contributed by atoms with Gasteiger partial charge in [0.15, 0.2) is 0 Å². The molecule has 0 spiro atoms. The molecule has 0 fully saturated rings. The van der Waals surface area contributed by atoms with Crippen molar-refractivity contribution in [2.75, 3.05) is 6.54 Å². The Hall–Kier alpha value is -3.21. The number of pyridine rings is 1. The molecule has 2 aromatic heterocycles. The highest BCUT2D eigenvalue weighted by molar-refractivity contribution is 5.64. The number of hydrogen-bond donors (Lipinski definition) is 1. The molecular weight excluding hydrogens is 438 g/mol. The Balaban J connectivity index is 1.51. The zero-order valence-corrected chi connectivity index (χ0v) is 16.4. The molecule has 0 saturated heterocycles. The molecule has 3 aromatic rings. The van der Waals surface area contributed by atoms with Crippen LogP contribution < -0.4 is 5.56 Å².